The Balaban J connectivity index is 1.91. The van der Waals surface area contributed by atoms with Gasteiger partial charge in [0.15, 0.2) is 10.7 Å². The van der Waals surface area contributed by atoms with Crippen LogP contribution in [0.4, 0.5) is 5.82 Å². The lowest BCUT2D eigenvalue weighted by Crippen LogP contribution is -2.49. The van der Waals surface area contributed by atoms with Gasteiger partial charge in [-0.25, -0.2) is 13.4 Å². The van der Waals surface area contributed by atoms with Crippen LogP contribution in [0.2, 0.25) is 0 Å². The molecule has 2 aromatic rings. The molecule has 2 heterocycles. The molecule has 0 aliphatic carbocycles. The Morgan fingerprint density at radius 1 is 1.27 bits per heavy atom. The van der Waals surface area contributed by atoms with Crippen LogP contribution in [0.3, 0.4) is 0 Å². The summed E-state index contributed by atoms with van der Waals surface area (Å²) in [5.41, 5.74) is 6.31. The maximum absolute atomic E-state index is 12.7. The van der Waals surface area contributed by atoms with Crippen molar-refractivity contribution in [1.29, 1.82) is 0 Å². The number of aromatic nitrogens is 1. The number of rotatable bonds is 5. The van der Waals surface area contributed by atoms with Gasteiger partial charge < -0.3 is 20.9 Å². The van der Waals surface area contributed by atoms with Gasteiger partial charge >= 0.3 is 0 Å². The second-order valence-corrected chi connectivity index (χ2v) is 8.60. The van der Waals surface area contributed by atoms with Crippen molar-refractivity contribution in [3.8, 4) is 0 Å². The summed E-state index contributed by atoms with van der Waals surface area (Å²) in [6.07, 6.45) is 2.07. The van der Waals surface area contributed by atoms with E-state index in [9.17, 15) is 18.0 Å². The van der Waals surface area contributed by atoms with Crippen molar-refractivity contribution in [3.63, 3.8) is 0 Å². The summed E-state index contributed by atoms with van der Waals surface area (Å²) in [6.45, 7) is 4.06. The Labute approximate surface area is 177 Å². The number of hydrogen-bond donors (Lipinski definition) is 3. The first-order valence-electron chi connectivity index (χ1n) is 9.84. The van der Waals surface area contributed by atoms with Gasteiger partial charge in [0.05, 0.1) is 13.1 Å². The number of carbonyl (C=O) groups excluding carboxylic acids is 2. The molecule has 1 aliphatic rings. The molecule has 9 nitrogen and oxygen atoms in total. The van der Waals surface area contributed by atoms with Gasteiger partial charge in [0.25, 0.3) is 0 Å². The van der Waals surface area contributed by atoms with Crippen molar-refractivity contribution < 1.29 is 18.0 Å². The molecule has 3 rings (SSSR count). The molecule has 1 fully saturated rings. The Morgan fingerprint density at radius 3 is 2.63 bits per heavy atom. The number of pyridine rings is 1. The van der Waals surface area contributed by atoms with E-state index in [-0.39, 0.29) is 32.1 Å². The highest BCUT2D eigenvalue weighted by atomic mass is 32.2. The highest BCUT2D eigenvalue weighted by molar-refractivity contribution is 7.73. The van der Waals surface area contributed by atoms with Crippen LogP contribution in [-0.2, 0) is 20.3 Å². The van der Waals surface area contributed by atoms with Crippen LogP contribution < -0.4 is 16.0 Å². The summed E-state index contributed by atoms with van der Waals surface area (Å²) < 4.78 is 23.8. The van der Waals surface area contributed by atoms with Crippen molar-refractivity contribution in [2.75, 3.05) is 31.1 Å². The van der Waals surface area contributed by atoms with Gasteiger partial charge in [0, 0.05) is 30.7 Å². The van der Waals surface area contributed by atoms with E-state index in [1.807, 2.05) is 44.3 Å². The molecule has 10 heteroatoms. The molecule has 1 aliphatic heterocycles. The number of nitrogens with one attached hydrogen (secondary N) is 1. The number of thiol groups is 1. The Hall–Kier alpha value is -2.72. The van der Waals surface area contributed by atoms with Gasteiger partial charge in [0.2, 0.25) is 11.8 Å². The lowest BCUT2D eigenvalue weighted by molar-refractivity contribution is -0.133. The molecule has 162 valence electrons. The topological polar surface area (TPSA) is 126 Å². The fourth-order valence-electron chi connectivity index (χ4n) is 3.83. The third-order valence-corrected chi connectivity index (χ3v) is 6.44. The standard InChI is InChI=1S/C20H27N5O4S/c1-13-10-23-20(16-6-4-3-5-15(13)16)24-8-7-19(30(28)29)25(12-14(24)2)18(27)11-22-17(26)9-21/h3-6,10,14,19,30H,7-9,11-12,21H2,1-2H3,(H,22,26)/t14?,19-/m0/s1. The number of fused-ring (bicyclic) bond motifs is 1. The molecule has 2 amide bonds. The fourth-order valence-corrected chi connectivity index (χ4v) is 4.61. The van der Waals surface area contributed by atoms with Gasteiger partial charge in [-0.1, -0.05) is 24.3 Å². The first-order chi connectivity index (χ1) is 14.3. The number of amides is 2. The molecule has 0 radical (unpaired) electrons. The highest BCUT2D eigenvalue weighted by Gasteiger charge is 2.34. The average Bonchev–Trinajstić information content (AvgIpc) is 2.91. The summed E-state index contributed by atoms with van der Waals surface area (Å²) >= 11 is 0. The monoisotopic (exact) mass is 433 g/mol. The van der Waals surface area contributed by atoms with Gasteiger partial charge in [-0.2, -0.15) is 0 Å². The molecule has 0 saturated carbocycles. The number of nitrogens with zero attached hydrogens (tertiary/aromatic N) is 3. The smallest absolute Gasteiger partial charge is 0.243 e. The summed E-state index contributed by atoms with van der Waals surface area (Å²) in [7, 11) is -2.86. The maximum atomic E-state index is 12.7. The molecule has 1 unspecified atom stereocenters. The van der Waals surface area contributed by atoms with Crippen molar-refractivity contribution in [2.24, 2.45) is 5.73 Å². The van der Waals surface area contributed by atoms with Crippen LogP contribution >= 0.6 is 0 Å². The van der Waals surface area contributed by atoms with Crippen molar-refractivity contribution in [2.45, 2.75) is 31.7 Å². The third-order valence-electron chi connectivity index (χ3n) is 5.41. The minimum Gasteiger partial charge on any atom is -0.352 e. The first kappa shape index (κ1) is 22.0. The van der Waals surface area contributed by atoms with Crippen molar-refractivity contribution in [3.05, 3.63) is 36.0 Å². The number of benzene rings is 1. The minimum atomic E-state index is -2.86. The lowest BCUT2D eigenvalue weighted by atomic mass is 10.1. The molecule has 1 aromatic carbocycles. The largest absolute Gasteiger partial charge is 0.352 e. The molecular weight excluding hydrogens is 406 g/mol. The van der Waals surface area contributed by atoms with Crippen molar-refractivity contribution >= 4 is 39.1 Å². The summed E-state index contributed by atoms with van der Waals surface area (Å²) in [6, 6.07) is 7.78. The zero-order chi connectivity index (χ0) is 21.8. The summed E-state index contributed by atoms with van der Waals surface area (Å²) in [5.74, 6) is -0.142. The Morgan fingerprint density at radius 2 is 1.97 bits per heavy atom. The minimum absolute atomic E-state index is 0.169. The number of anilines is 1. The third kappa shape index (κ3) is 4.54. The van der Waals surface area contributed by atoms with Crippen LogP contribution in [0, 0.1) is 6.92 Å². The van der Waals surface area contributed by atoms with Crippen LogP contribution in [-0.4, -0.2) is 67.7 Å². The van der Waals surface area contributed by atoms with Crippen LogP contribution in [0.25, 0.3) is 10.8 Å². The van der Waals surface area contributed by atoms with E-state index < -0.39 is 27.9 Å². The molecule has 3 N–H and O–H groups in total. The van der Waals surface area contributed by atoms with Crippen LogP contribution in [0.15, 0.2) is 30.5 Å². The lowest BCUT2D eigenvalue weighted by Gasteiger charge is -2.31. The Bertz CT molecular complexity index is 1020. The van der Waals surface area contributed by atoms with E-state index in [0.717, 1.165) is 22.2 Å². The average molecular weight is 434 g/mol. The van der Waals surface area contributed by atoms with Gasteiger partial charge in [-0.15, -0.1) is 0 Å². The van der Waals surface area contributed by atoms with Gasteiger partial charge in [-0.05, 0) is 31.2 Å². The Kier molecular flexibility index (Phi) is 6.88. The van der Waals surface area contributed by atoms with E-state index in [2.05, 4.69) is 15.2 Å². The van der Waals surface area contributed by atoms with Gasteiger partial charge in [0.1, 0.15) is 11.2 Å². The molecule has 30 heavy (non-hydrogen) atoms. The number of carbonyl (C=O) groups is 2. The SMILES string of the molecule is Cc1cnc(N2CC[C@H]([SH](=O)=O)N(C(=O)CNC(=O)CN)CC2C)c2ccccc12. The van der Waals surface area contributed by atoms with E-state index >= 15 is 0 Å². The molecular formula is C20H27N5O4S. The number of nitrogens with two attached hydrogens (primary N) is 1. The second kappa shape index (κ2) is 9.40. The van der Waals surface area contributed by atoms with E-state index in [1.165, 1.54) is 4.90 Å². The van der Waals surface area contributed by atoms with Crippen LogP contribution in [0.5, 0.6) is 0 Å². The normalized spacial score (nSPS) is 19.7. The molecule has 1 aromatic heterocycles. The molecule has 2 atom stereocenters. The molecule has 0 bridgehead atoms. The zero-order valence-electron chi connectivity index (χ0n) is 17.1. The molecule has 0 spiro atoms. The zero-order valence-corrected chi connectivity index (χ0v) is 18.0. The first-order valence-corrected chi connectivity index (χ1v) is 11.1. The second-order valence-electron chi connectivity index (χ2n) is 7.43. The quantitative estimate of drug-likeness (QED) is 0.566. The summed E-state index contributed by atoms with van der Waals surface area (Å²) in [4.78, 5) is 32.1. The summed E-state index contributed by atoms with van der Waals surface area (Å²) in [5, 5.41) is 3.56. The van der Waals surface area contributed by atoms with E-state index in [4.69, 9.17) is 5.73 Å². The van der Waals surface area contributed by atoms with E-state index in [0.29, 0.717) is 6.54 Å². The maximum Gasteiger partial charge on any atom is 0.243 e. The fraction of sp³-hybridized carbons (Fsp3) is 0.450. The van der Waals surface area contributed by atoms with Gasteiger partial charge in [-0.3, -0.25) is 9.59 Å². The van der Waals surface area contributed by atoms with E-state index in [1.54, 1.807) is 0 Å². The highest BCUT2D eigenvalue weighted by Crippen LogP contribution is 2.30. The predicted molar refractivity (Wildman–Crippen MR) is 116 cm³/mol. The van der Waals surface area contributed by atoms with Crippen molar-refractivity contribution in [1.82, 2.24) is 15.2 Å². The molecule has 1 saturated heterocycles. The number of aryl methyl sites for hydroxylation is 1. The van der Waals surface area contributed by atoms with Crippen LogP contribution in [0.1, 0.15) is 18.9 Å². The number of hydrogen-bond acceptors (Lipinski definition) is 7. The predicted octanol–water partition coefficient (Wildman–Crippen LogP) is -0.0172.